The van der Waals surface area contributed by atoms with Crippen molar-refractivity contribution in [2.75, 3.05) is 7.11 Å². The van der Waals surface area contributed by atoms with Gasteiger partial charge in [0.05, 0.1) is 13.5 Å². The molecule has 1 aromatic heterocycles. The van der Waals surface area contributed by atoms with Crippen molar-refractivity contribution in [1.29, 1.82) is 0 Å². The lowest BCUT2D eigenvalue weighted by molar-refractivity contribution is -0.139. The molecule has 5 heteroatoms. The normalized spacial score (nSPS) is 9.77. The fourth-order valence-corrected chi connectivity index (χ4v) is 1.09. The molecule has 0 spiro atoms. The van der Waals surface area contributed by atoms with Crippen molar-refractivity contribution in [2.24, 2.45) is 0 Å². The second-order valence-corrected chi connectivity index (χ2v) is 3.15. The Morgan fingerprint density at radius 3 is 2.92 bits per heavy atom. The van der Waals surface area contributed by atoms with Gasteiger partial charge in [-0.1, -0.05) is 6.07 Å². The van der Waals surface area contributed by atoms with Crippen LogP contribution in [0.25, 0.3) is 0 Å². The molecule has 1 aromatic rings. The summed E-state index contributed by atoms with van der Waals surface area (Å²) in [5.74, 6) is -1.14. The van der Waals surface area contributed by atoms with E-state index in [0.29, 0.717) is 4.60 Å². The van der Waals surface area contributed by atoms with Gasteiger partial charge < -0.3 is 4.74 Å². The Hall–Kier alpha value is -0.970. The Bertz CT molecular complexity index is 330. The van der Waals surface area contributed by atoms with Crippen LogP contribution in [0.3, 0.4) is 0 Å². The minimum absolute atomic E-state index is 0.0946. The number of halogens is 2. The highest BCUT2D eigenvalue weighted by Crippen LogP contribution is 2.11. The molecule has 0 saturated carbocycles. The third-order valence-electron chi connectivity index (χ3n) is 1.45. The van der Waals surface area contributed by atoms with E-state index in [2.05, 4.69) is 25.7 Å². The fraction of sp³-hybridized carbons (Fsp3) is 0.250. The topological polar surface area (TPSA) is 39.2 Å². The highest BCUT2D eigenvalue weighted by molar-refractivity contribution is 9.10. The van der Waals surface area contributed by atoms with Crippen molar-refractivity contribution in [3.8, 4) is 0 Å². The summed E-state index contributed by atoms with van der Waals surface area (Å²) in [6.45, 7) is 0. The molecule has 0 N–H and O–H groups in total. The van der Waals surface area contributed by atoms with Gasteiger partial charge in [0.15, 0.2) is 0 Å². The van der Waals surface area contributed by atoms with Crippen LogP contribution in [0.2, 0.25) is 0 Å². The van der Waals surface area contributed by atoms with Gasteiger partial charge in [-0.15, -0.1) is 0 Å². The second-order valence-electron chi connectivity index (χ2n) is 2.34. The van der Waals surface area contributed by atoms with Crippen LogP contribution in [0.4, 0.5) is 4.39 Å². The Morgan fingerprint density at radius 2 is 2.38 bits per heavy atom. The maximum atomic E-state index is 13.0. The summed E-state index contributed by atoms with van der Waals surface area (Å²) in [7, 11) is 1.26. The smallest absolute Gasteiger partial charge is 0.310 e. The van der Waals surface area contributed by atoms with E-state index in [1.165, 1.54) is 13.2 Å². The molecule has 0 fully saturated rings. The number of rotatable bonds is 2. The SMILES string of the molecule is COC(=O)Cc1ccc(Br)nc1F. The van der Waals surface area contributed by atoms with Crippen molar-refractivity contribution in [3.63, 3.8) is 0 Å². The van der Waals surface area contributed by atoms with Crippen LogP contribution in [0.5, 0.6) is 0 Å². The van der Waals surface area contributed by atoms with E-state index >= 15 is 0 Å². The summed E-state index contributed by atoms with van der Waals surface area (Å²) in [6.07, 6.45) is -0.0946. The van der Waals surface area contributed by atoms with Gasteiger partial charge in [-0.05, 0) is 22.0 Å². The number of ether oxygens (including phenoxy) is 1. The van der Waals surface area contributed by atoms with Gasteiger partial charge in [0, 0.05) is 5.56 Å². The molecule has 70 valence electrons. The summed E-state index contributed by atoms with van der Waals surface area (Å²) >= 11 is 3.01. The van der Waals surface area contributed by atoms with Crippen LogP contribution in [-0.4, -0.2) is 18.1 Å². The van der Waals surface area contributed by atoms with Crippen molar-refractivity contribution in [3.05, 3.63) is 28.2 Å². The first-order chi connectivity index (χ1) is 6.13. The standard InChI is InChI=1S/C8H7BrFNO2/c1-13-7(12)4-5-2-3-6(9)11-8(5)10/h2-3H,4H2,1H3. The minimum atomic E-state index is -0.653. The molecule has 0 aromatic carbocycles. The molecule has 1 rings (SSSR count). The van der Waals surface area contributed by atoms with E-state index in [0.717, 1.165) is 0 Å². The van der Waals surface area contributed by atoms with Crippen LogP contribution < -0.4 is 0 Å². The van der Waals surface area contributed by atoms with Gasteiger partial charge in [-0.25, -0.2) is 4.98 Å². The Labute approximate surface area is 83.1 Å². The molecule has 0 saturated heterocycles. The number of carbonyl (C=O) groups excluding carboxylic acids is 1. The molecular formula is C8H7BrFNO2. The average Bonchev–Trinajstić information content (AvgIpc) is 2.09. The van der Waals surface area contributed by atoms with Crippen LogP contribution in [0.1, 0.15) is 5.56 Å². The molecule has 0 radical (unpaired) electrons. The zero-order valence-corrected chi connectivity index (χ0v) is 8.47. The lowest BCUT2D eigenvalue weighted by Crippen LogP contribution is -2.07. The lowest BCUT2D eigenvalue weighted by Gasteiger charge is -2.00. The zero-order chi connectivity index (χ0) is 9.84. The summed E-state index contributed by atoms with van der Waals surface area (Å²) in [6, 6.07) is 3.06. The van der Waals surface area contributed by atoms with E-state index in [-0.39, 0.29) is 12.0 Å². The molecule has 0 bridgehead atoms. The molecule has 13 heavy (non-hydrogen) atoms. The maximum absolute atomic E-state index is 13.0. The Kier molecular flexibility index (Phi) is 3.36. The summed E-state index contributed by atoms with van der Waals surface area (Å²) in [4.78, 5) is 14.3. The average molecular weight is 248 g/mol. The van der Waals surface area contributed by atoms with Crippen LogP contribution in [0.15, 0.2) is 16.7 Å². The third kappa shape index (κ3) is 2.77. The van der Waals surface area contributed by atoms with Gasteiger partial charge in [0.25, 0.3) is 0 Å². The Balaban J connectivity index is 2.83. The first-order valence-electron chi connectivity index (χ1n) is 3.51. The Morgan fingerprint density at radius 1 is 1.69 bits per heavy atom. The van der Waals surface area contributed by atoms with Gasteiger partial charge in [-0.3, -0.25) is 4.79 Å². The number of carbonyl (C=O) groups is 1. The molecule has 0 aliphatic carbocycles. The van der Waals surface area contributed by atoms with Crippen molar-refractivity contribution in [2.45, 2.75) is 6.42 Å². The predicted molar refractivity (Wildman–Crippen MR) is 47.6 cm³/mol. The number of hydrogen-bond donors (Lipinski definition) is 0. The molecule has 0 amide bonds. The maximum Gasteiger partial charge on any atom is 0.310 e. The van der Waals surface area contributed by atoms with Gasteiger partial charge in [0.2, 0.25) is 5.95 Å². The number of aromatic nitrogens is 1. The zero-order valence-electron chi connectivity index (χ0n) is 6.88. The monoisotopic (exact) mass is 247 g/mol. The van der Waals surface area contributed by atoms with Crippen LogP contribution in [-0.2, 0) is 16.0 Å². The predicted octanol–water partition coefficient (Wildman–Crippen LogP) is 1.70. The largest absolute Gasteiger partial charge is 0.469 e. The summed E-state index contributed by atoms with van der Waals surface area (Å²) < 4.78 is 17.8. The van der Waals surface area contributed by atoms with E-state index in [9.17, 15) is 9.18 Å². The molecule has 3 nitrogen and oxygen atoms in total. The molecular weight excluding hydrogens is 241 g/mol. The molecule has 0 atom stereocenters. The second kappa shape index (κ2) is 4.32. The number of pyridine rings is 1. The number of esters is 1. The van der Waals surface area contributed by atoms with E-state index in [4.69, 9.17) is 0 Å². The fourth-order valence-electron chi connectivity index (χ4n) is 0.800. The molecule has 0 unspecified atom stereocenters. The van der Waals surface area contributed by atoms with Crippen LogP contribution in [0, 0.1) is 5.95 Å². The third-order valence-corrected chi connectivity index (χ3v) is 1.90. The first kappa shape index (κ1) is 10.1. The first-order valence-corrected chi connectivity index (χ1v) is 4.30. The summed E-state index contributed by atoms with van der Waals surface area (Å²) in [5, 5.41) is 0. The van der Waals surface area contributed by atoms with Crippen LogP contribution >= 0.6 is 15.9 Å². The van der Waals surface area contributed by atoms with E-state index < -0.39 is 11.9 Å². The highest BCUT2D eigenvalue weighted by atomic mass is 79.9. The molecule has 1 heterocycles. The van der Waals surface area contributed by atoms with Crippen molar-refractivity contribution in [1.82, 2.24) is 4.98 Å². The highest BCUT2D eigenvalue weighted by Gasteiger charge is 2.09. The number of nitrogens with zero attached hydrogens (tertiary/aromatic N) is 1. The van der Waals surface area contributed by atoms with Crippen molar-refractivity contribution < 1.29 is 13.9 Å². The van der Waals surface area contributed by atoms with Crippen molar-refractivity contribution >= 4 is 21.9 Å². The number of methoxy groups -OCH3 is 1. The molecule has 0 aliphatic rings. The van der Waals surface area contributed by atoms with E-state index in [1.807, 2.05) is 0 Å². The van der Waals surface area contributed by atoms with Gasteiger partial charge >= 0.3 is 5.97 Å². The summed E-state index contributed by atoms with van der Waals surface area (Å²) in [5.41, 5.74) is 0.232. The van der Waals surface area contributed by atoms with Gasteiger partial charge in [0.1, 0.15) is 4.60 Å². The molecule has 0 aliphatic heterocycles. The quantitative estimate of drug-likeness (QED) is 0.590. The van der Waals surface area contributed by atoms with Gasteiger partial charge in [-0.2, -0.15) is 4.39 Å². The van der Waals surface area contributed by atoms with E-state index in [1.54, 1.807) is 6.07 Å². The lowest BCUT2D eigenvalue weighted by atomic mass is 10.2. The number of hydrogen-bond acceptors (Lipinski definition) is 3. The minimum Gasteiger partial charge on any atom is -0.469 e.